The normalized spacial score (nSPS) is 10.9. The molecule has 0 fully saturated rings. The third-order valence-electron chi connectivity index (χ3n) is 4.82. The molecular weight excluding hydrogens is 428 g/mol. The molecule has 0 heterocycles. The average molecular weight is 455 g/mol. The fraction of sp³-hybridized carbons (Fsp3) is 0.167. The summed E-state index contributed by atoms with van der Waals surface area (Å²) in [6, 6.07) is 21.5. The van der Waals surface area contributed by atoms with Gasteiger partial charge in [-0.1, -0.05) is 36.4 Å². The van der Waals surface area contributed by atoms with Gasteiger partial charge in [-0.05, 0) is 47.5 Å². The largest absolute Gasteiger partial charge is 0.493 e. The molecule has 7 nitrogen and oxygen atoms in total. The van der Waals surface area contributed by atoms with Gasteiger partial charge in [-0.2, -0.15) is 0 Å². The number of amides is 1. The lowest BCUT2D eigenvalue weighted by Gasteiger charge is -2.21. The molecule has 3 rings (SSSR count). The van der Waals surface area contributed by atoms with Crippen molar-refractivity contribution in [3.8, 4) is 11.5 Å². The minimum Gasteiger partial charge on any atom is -0.493 e. The highest BCUT2D eigenvalue weighted by Gasteiger charge is 2.22. The molecular formula is C24H27ClN4O3. The average Bonchev–Trinajstić information content (AvgIpc) is 2.81. The van der Waals surface area contributed by atoms with E-state index in [1.165, 1.54) is 0 Å². The van der Waals surface area contributed by atoms with Crippen molar-refractivity contribution in [3.63, 3.8) is 0 Å². The zero-order valence-electron chi connectivity index (χ0n) is 17.9. The zero-order valence-corrected chi connectivity index (χ0v) is 18.7. The molecule has 3 aromatic rings. The molecule has 0 unspecified atom stereocenters. The first-order valence-corrected chi connectivity index (χ1v) is 9.76. The Morgan fingerprint density at radius 3 is 2.22 bits per heavy atom. The number of hydrogen-bond acceptors (Lipinski definition) is 5. The third kappa shape index (κ3) is 6.15. The van der Waals surface area contributed by atoms with Gasteiger partial charge in [0.25, 0.3) is 0 Å². The summed E-state index contributed by atoms with van der Waals surface area (Å²) in [7, 11) is 3.12. The Hall–Kier alpha value is -3.71. The first kappa shape index (κ1) is 24.6. The maximum absolute atomic E-state index is 13.2. The number of nitrogen functional groups attached to an aromatic ring is 1. The SMILES string of the molecule is COc1ccc([C@@H](Nc2ccc(C(=N)N)cc2)C(=O)NCc2ccccc2)cc1OC.Cl. The third-order valence-corrected chi connectivity index (χ3v) is 4.82. The van der Waals surface area contributed by atoms with Crippen LogP contribution in [0.5, 0.6) is 11.5 Å². The quantitative estimate of drug-likeness (QED) is 0.290. The van der Waals surface area contributed by atoms with E-state index in [0.717, 1.165) is 16.8 Å². The molecule has 32 heavy (non-hydrogen) atoms. The summed E-state index contributed by atoms with van der Waals surface area (Å²) in [4.78, 5) is 13.2. The van der Waals surface area contributed by atoms with E-state index < -0.39 is 6.04 Å². The number of halogens is 1. The van der Waals surface area contributed by atoms with Crippen molar-refractivity contribution in [2.45, 2.75) is 12.6 Å². The Morgan fingerprint density at radius 1 is 0.969 bits per heavy atom. The van der Waals surface area contributed by atoms with Gasteiger partial charge in [-0.25, -0.2) is 0 Å². The van der Waals surface area contributed by atoms with Crippen LogP contribution in [0.2, 0.25) is 0 Å². The number of hydrogen-bond donors (Lipinski definition) is 4. The van der Waals surface area contributed by atoms with Gasteiger partial charge < -0.3 is 25.8 Å². The van der Waals surface area contributed by atoms with Gasteiger partial charge in [0, 0.05) is 17.8 Å². The molecule has 1 amide bonds. The van der Waals surface area contributed by atoms with Crippen molar-refractivity contribution in [1.29, 1.82) is 5.41 Å². The molecule has 0 bridgehead atoms. The summed E-state index contributed by atoms with van der Waals surface area (Å²) in [5.41, 5.74) is 8.59. The number of rotatable bonds is 9. The van der Waals surface area contributed by atoms with Crippen LogP contribution in [-0.4, -0.2) is 26.0 Å². The van der Waals surface area contributed by atoms with Crippen LogP contribution < -0.4 is 25.8 Å². The van der Waals surface area contributed by atoms with Gasteiger partial charge in [-0.3, -0.25) is 10.2 Å². The summed E-state index contributed by atoms with van der Waals surface area (Å²) in [5, 5.41) is 13.8. The lowest BCUT2D eigenvalue weighted by atomic mass is 10.0. The second kappa shape index (κ2) is 11.6. The van der Waals surface area contributed by atoms with Crippen molar-refractivity contribution in [1.82, 2.24) is 5.32 Å². The molecule has 3 aromatic carbocycles. The number of methoxy groups -OCH3 is 2. The Labute approximate surface area is 193 Å². The fourth-order valence-electron chi connectivity index (χ4n) is 3.13. The first-order chi connectivity index (χ1) is 15.0. The van der Waals surface area contributed by atoms with Crippen LogP contribution >= 0.6 is 12.4 Å². The van der Waals surface area contributed by atoms with E-state index in [1.807, 2.05) is 36.4 Å². The van der Waals surface area contributed by atoms with Crippen LogP contribution in [-0.2, 0) is 11.3 Å². The molecule has 1 atom stereocenters. The number of ether oxygens (including phenoxy) is 2. The van der Waals surface area contributed by atoms with Crippen LogP contribution in [0.4, 0.5) is 5.69 Å². The molecule has 5 N–H and O–H groups in total. The topological polar surface area (TPSA) is 109 Å². The first-order valence-electron chi connectivity index (χ1n) is 9.76. The lowest BCUT2D eigenvalue weighted by molar-refractivity contribution is -0.122. The molecule has 0 aliphatic rings. The van der Waals surface area contributed by atoms with Gasteiger partial charge in [0.2, 0.25) is 5.91 Å². The van der Waals surface area contributed by atoms with E-state index in [9.17, 15) is 4.79 Å². The molecule has 0 aliphatic heterocycles. The number of anilines is 1. The predicted octanol–water partition coefficient (Wildman–Crippen LogP) is 3.88. The van der Waals surface area contributed by atoms with Crippen molar-refractivity contribution in [3.05, 3.63) is 89.5 Å². The minimum atomic E-state index is -0.674. The number of carbonyl (C=O) groups excluding carboxylic acids is 1. The highest BCUT2D eigenvalue weighted by Crippen LogP contribution is 2.31. The van der Waals surface area contributed by atoms with Crippen molar-refractivity contribution >= 4 is 29.8 Å². The maximum atomic E-state index is 13.2. The molecule has 0 spiro atoms. The van der Waals surface area contributed by atoms with E-state index >= 15 is 0 Å². The van der Waals surface area contributed by atoms with Gasteiger partial charge in [0.1, 0.15) is 11.9 Å². The van der Waals surface area contributed by atoms with Crippen LogP contribution in [0.1, 0.15) is 22.7 Å². The number of nitrogens with one attached hydrogen (secondary N) is 3. The van der Waals surface area contributed by atoms with Crippen molar-refractivity contribution < 1.29 is 14.3 Å². The van der Waals surface area contributed by atoms with Crippen LogP contribution in [0.3, 0.4) is 0 Å². The van der Waals surface area contributed by atoms with E-state index in [0.29, 0.717) is 23.6 Å². The Morgan fingerprint density at radius 2 is 1.62 bits per heavy atom. The van der Waals surface area contributed by atoms with E-state index in [1.54, 1.807) is 50.6 Å². The van der Waals surface area contributed by atoms with E-state index in [4.69, 9.17) is 20.6 Å². The molecule has 0 aromatic heterocycles. The number of amidine groups is 1. The lowest BCUT2D eigenvalue weighted by Crippen LogP contribution is -2.33. The highest BCUT2D eigenvalue weighted by atomic mass is 35.5. The molecule has 0 saturated heterocycles. The molecule has 0 saturated carbocycles. The monoisotopic (exact) mass is 454 g/mol. The van der Waals surface area contributed by atoms with Crippen molar-refractivity contribution in [2.24, 2.45) is 5.73 Å². The molecule has 8 heteroatoms. The molecule has 168 valence electrons. The van der Waals surface area contributed by atoms with Crippen LogP contribution in [0.25, 0.3) is 0 Å². The van der Waals surface area contributed by atoms with E-state index in [2.05, 4.69) is 10.6 Å². The fourth-order valence-corrected chi connectivity index (χ4v) is 3.13. The second-order valence-corrected chi connectivity index (χ2v) is 6.89. The Kier molecular flexibility index (Phi) is 8.92. The minimum absolute atomic E-state index is 0. The highest BCUT2D eigenvalue weighted by molar-refractivity contribution is 5.95. The summed E-state index contributed by atoms with van der Waals surface area (Å²) in [6.07, 6.45) is 0. The number of carbonyl (C=O) groups is 1. The summed E-state index contributed by atoms with van der Waals surface area (Å²) in [6.45, 7) is 0.411. The summed E-state index contributed by atoms with van der Waals surface area (Å²) >= 11 is 0. The number of nitrogens with two attached hydrogens (primary N) is 1. The van der Waals surface area contributed by atoms with Crippen LogP contribution in [0.15, 0.2) is 72.8 Å². The Bertz CT molecular complexity index is 1040. The zero-order chi connectivity index (χ0) is 22.2. The molecule has 0 aliphatic carbocycles. The second-order valence-electron chi connectivity index (χ2n) is 6.89. The number of benzene rings is 3. The van der Waals surface area contributed by atoms with Gasteiger partial charge in [0.15, 0.2) is 11.5 Å². The van der Waals surface area contributed by atoms with Gasteiger partial charge in [0.05, 0.1) is 14.2 Å². The van der Waals surface area contributed by atoms with E-state index in [-0.39, 0.29) is 24.1 Å². The predicted molar refractivity (Wildman–Crippen MR) is 129 cm³/mol. The summed E-state index contributed by atoms with van der Waals surface area (Å²) < 4.78 is 10.7. The Balaban J connectivity index is 0.00000363. The van der Waals surface area contributed by atoms with Crippen LogP contribution in [0, 0.1) is 5.41 Å². The summed E-state index contributed by atoms with van der Waals surface area (Å²) in [5.74, 6) is 0.922. The molecule has 0 radical (unpaired) electrons. The smallest absolute Gasteiger partial charge is 0.247 e. The standard InChI is InChI=1S/C24H26N4O3.ClH/c1-30-20-13-10-18(14-21(20)31-2)22(24(29)27-15-16-6-4-3-5-7-16)28-19-11-8-17(9-12-19)23(25)26;/h3-14,22,28H,15H2,1-2H3,(H3,25,26)(H,27,29);1H/t22-;/m1./s1. The van der Waals surface area contributed by atoms with Gasteiger partial charge >= 0.3 is 0 Å². The van der Waals surface area contributed by atoms with Crippen molar-refractivity contribution in [2.75, 3.05) is 19.5 Å². The van der Waals surface area contributed by atoms with Gasteiger partial charge in [-0.15, -0.1) is 12.4 Å². The maximum Gasteiger partial charge on any atom is 0.247 e.